The van der Waals surface area contributed by atoms with E-state index in [0.717, 1.165) is 16.9 Å². The Hall–Kier alpha value is -1.31. The van der Waals surface area contributed by atoms with Gasteiger partial charge in [-0.3, -0.25) is 0 Å². The fraction of sp³-hybridized carbons (Fsp3) is 0.364. The number of hydrogen-bond donors (Lipinski definition) is 1. The zero-order valence-corrected chi connectivity index (χ0v) is 8.68. The third-order valence-electron chi connectivity index (χ3n) is 1.83. The highest BCUT2D eigenvalue weighted by Crippen LogP contribution is 2.14. The minimum Gasteiger partial charge on any atom is -0.342 e. The summed E-state index contributed by atoms with van der Waals surface area (Å²) in [7, 11) is 0. The Balaban J connectivity index is 0.000000396. The van der Waals surface area contributed by atoms with E-state index in [0.29, 0.717) is 0 Å². The molecule has 1 N–H and O–H groups in total. The first-order valence-electron chi connectivity index (χ1n) is 4.69. The highest BCUT2D eigenvalue weighted by molar-refractivity contribution is 5.78. The van der Waals surface area contributed by atoms with Gasteiger partial charge in [0, 0.05) is 0 Å². The summed E-state index contributed by atoms with van der Waals surface area (Å²) in [6.45, 7) is 8.04. The quantitative estimate of drug-likeness (QED) is 0.656. The van der Waals surface area contributed by atoms with Crippen molar-refractivity contribution in [1.29, 1.82) is 0 Å². The van der Waals surface area contributed by atoms with Crippen LogP contribution in [0.1, 0.15) is 25.2 Å². The molecule has 0 amide bonds. The van der Waals surface area contributed by atoms with E-state index in [1.165, 1.54) is 5.56 Å². The van der Waals surface area contributed by atoms with E-state index < -0.39 is 0 Å². The van der Waals surface area contributed by atoms with Crippen LogP contribution in [0.25, 0.3) is 11.0 Å². The number of imidazole rings is 1. The van der Waals surface area contributed by atoms with Gasteiger partial charge < -0.3 is 4.98 Å². The maximum absolute atomic E-state index is 4.36. The topological polar surface area (TPSA) is 28.7 Å². The highest BCUT2D eigenvalue weighted by atomic mass is 14.9. The second kappa shape index (κ2) is 4.08. The predicted octanol–water partition coefficient (Wildman–Crippen LogP) is 3.21. The van der Waals surface area contributed by atoms with Crippen LogP contribution < -0.4 is 0 Å². The van der Waals surface area contributed by atoms with Crippen LogP contribution in [0.3, 0.4) is 0 Å². The molecule has 0 fully saturated rings. The Morgan fingerprint density at radius 2 is 1.85 bits per heavy atom. The second-order valence-corrected chi connectivity index (χ2v) is 2.79. The van der Waals surface area contributed by atoms with Gasteiger partial charge in [0.05, 0.1) is 11.0 Å². The minimum atomic E-state index is 0.981. The summed E-state index contributed by atoms with van der Waals surface area (Å²) in [5, 5.41) is 0. The molecule has 2 rings (SSSR count). The van der Waals surface area contributed by atoms with Crippen molar-refractivity contribution >= 4 is 11.0 Å². The van der Waals surface area contributed by atoms with Crippen LogP contribution in [-0.4, -0.2) is 9.97 Å². The predicted molar refractivity (Wildman–Crippen MR) is 56.9 cm³/mol. The largest absolute Gasteiger partial charge is 0.342 e. The number of aromatic amines is 1. The van der Waals surface area contributed by atoms with Crippen LogP contribution in [0.5, 0.6) is 0 Å². The lowest BCUT2D eigenvalue weighted by Gasteiger charge is -1.90. The van der Waals surface area contributed by atoms with Crippen molar-refractivity contribution in [2.45, 2.75) is 27.7 Å². The molecule has 1 aromatic carbocycles. The molecule has 0 bridgehead atoms. The van der Waals surface area contributed by atoms with Crippen LogP contribution in [0.15, 0.2) is 18.2 Å². The summed E-state index contributed by atoms with van der Waals surface area (Å²) < 4.78 is 0. The number of rotatable bonds is 0. The summed E-state index contributed by atoms with van der Waals surface area (Å²) in [5.74, 6) is 0.981. The van der Waals surface area contributed by atoms with E-state index >= 15 is 0 Å². The number of para-hydroxylation sites is 1. The van der Waals surface area contributed by atoms with Crippen molar-refractivity contribution in [1.82, 2.24) is 9.97 Å². The van der Waals surface area contributed by atoms with Crippen molar-refractivity contribution in [3.05, 3.63) is 29.6 Å². The fourth-order valence-electron chi connectivity index (χ4n) is 1.30. The number of hydrogen-bond acceptors (Lipinski definition) is 1. The van der Waals surface area contributed by atoms with Crippen molar-refractivity contribution in [2.75, 3.05) is 0 Å². The summed E-state index contributed by atoms with van der Waals surface area (Å²) in [6.07, 6.45) is 0. The average Bonchev–Trinajstić information content (AvgIpc) is 2.51. The van der Waals surface area contributed by atoms with Gasteiger partial charge in [-0.2, -0.15) is 0 Å². The molecule has 0 unspecified atom stereocenters. The number of aromatic nitrogens is 2. The first-order valence-corrected chi connectivity index (χ1v) is 4.69. The van der Waals surface area contributed by atoms with E-state index in [4.69, 9.17) is 0 Å². The standard InChI is InChI=1S/C9H10N2.C2H6/c1-6-4-3-5-8-9(6)11-7(2)10-8;1-2/h3-5H,1-2H3,(H,10,11);1-2H3. The molecule has 0 radical (unpaired) electrons. The molecule has 0 saturated carbocycles. The lowest BCUT2D eigenvalue weighted by atomic mass is 10.2. The molecule has 2 aromatic rings. The zero-order chi connectivity index (χ0) is 9.84. The van der Waals surface area contributed by atoms with Crippen LogP contribution in [-0.2, 0) is 0 Å². The first-order chi connectivity index (χ1) is 6.27. The van der Waals surface area contributed by atoms with Crippen LogP contribution in [0.2, 0.25) is 0 Å². The van der Waals surface area contributed by atoms with Gasteiger partial charge in [0.2, 0.25) is 0 Å². The number of benzene rings is 1. The number of nitrogens with zero attached hydrogens (tertiary/aromatic N) is 1. The Bertz CT molecular complexity index is 388. The molecule has 0 atom stereocenters. The summed E-state index contributed by atoms with van der Waals surface area (Å²) in [5.41, 5.74) is 3.44. The Kier molecular flexibility index (Phi) is 3.07. The highest BCUT2D eigenvalue weighted by Gasteiger charge is 1.99. The van der Waals surface area contributed by atoms with Crippen LogP contribution in [0, 0.1) is 13.8 Å². The molecular formula is C11H16N2. The lowest BCUT2D eigenvalue weighted by Crippen LogP contribution is -1.74. The second-order valence-electron chi connectivity index (χ2n) is 2.79. The number of H-pyrrole nitrogens is 1. The van der Waals surface area contributed by atoms with Gasteiger partial charge in [-0.15, -0.1) is 0 Å². The molecule has 0 saturated heterocycles. The van der Waals surface area contributed by atoms with Gasteiger partial charge >= 0.3 is 0 Å². The molecule has 13 heavy (non-hydrogen) atoms. The summed E-state index contributed by atoms with van der Waals surface area (Å²) in [6, 6.07) is 6.15. The molecular weight excluding hydrogens is 160 g/mol. The fourth-order valence-corrected chi connectivity index (χ4v) is 1.30. The maximum Gasteiger partial charge on any atom is 0.104 e. The molecule has 0 aliphatic heterocycles. The molecule has 0 spiro atoms. The molecule has 1 aromatic heterocycles. The summed E-state index contributed by atoms with van der Waals surface area (Å²) in [4.78, 5) is 7.55. The molecule has 1 heterocycles. The van der Waals surface area contributed by atoms with E-state index in [1.807, 2.05) is 32.9 Å². The van der Waals surface area contributed by atoms with Gasteiger partial charge in [0.1, 0.15) is 5.82 Å². The number of fused-ring (bicyclic) bond motifs is 1. The average molecular weight is 176 g/mol. The van der Waals surface area contributed by atoms with Crippen LogP contribution >= 0.6 is 0 Å². The molecule has 0 aliphatic rings. The summed E-state index contributed by atoms with van der Waals surface area (Å²) >= 11 is 0. The monoisotopic (exact) mass is 176 g/mol. The first kappa shape index (κ1) is 9.78. The minimum absolute atomic E-state index is 0.981. The smallest absolute Gasteiger partial charge is 0.104 e. The van der Waals surface area contributed by atoms with Crippen molar-refractivity contribution < 1.29 is 0 Å². The van der Waals surface area contributed by atoms with Gasteiger partial charge in [-0.05, 0) is 25.5 Å². The van der Waals surface area contributed by atoms with Gasteiger partial charge in [-0.25, -0.2) is 4.98 Å². The van der Waals surface area contributed by atoms with Gasteiger partial charge in [-0.1, -0.05) is 26.0 Å². The van der Waals surface area contributed by atoms with E-state index in [2.05, 4.69) is 23.0 Å². The zero-order valence-electron chi connectivity index (χ0n) is 8.68. The normalized spacial score (nSPS) is 9.54. The Morgan fingerprint density at radius 1 is 1.15 bits per heavy atom. The van der Waals surface area contributed by atoms with Crippen molar-refractivity contribution in [3.8, 4) is 0 Å². The van der Waals surface area contributed by atoms with E-state index in [1.54, 1.807) is 0 Å². The third-order valence-corrected chi connectivity index (χ3v) is 1.83. The van der Waals surface area contributed by atoms with Gasteiger partial charge in [0.15, 0.2) is 0 Å². The number of nitrogens with one attached hydrogen (secondary N) is 1. The SMILES string of the molecule is CC.Cc1nc2c(C)cccc2[nH]1. The van der Waals surface area contributed by atoms with Crippen molar-refractivity contribution in [3.63, 3.8) is 0 Å². The van der Waals surface area contributed by atoms with E-state index in [9.17, 15) is 0 Å². The van der Waals surface area contributed by atoms with E-state index in [-0.39, 0.29) is 0 Å². The third kappa shape index (κ3) is 1.89. The van der Waals surface area contributed by atoms with Gasteiger partial charge in [0.25, 0.3) is 0 Å². The van der Waals surface area contributed by atoms with Crippen molar-refractivity contribution in [2.24, 2.45) is 0 Å². The lowest BCUT2D eigenvalue weighted by molar-refractivity contribution is 1.17. The number of aryl methyl sites for hydroxylation is 2. The maximum atomic E-state index is 4.36. The molecule has 2 heteroatoms. The Morgan fingerprint density at radius 3 is 2.46 bits per heavy atom. The molecule has 0 aliphatic carbocycles. The van der Waals surface area contributed by atoms with Crippen LogP contribution in [0.4, 0.5) is 0 Å². The molecule has 2 nitrogen and oxygen atoms in total. The Labute approximate surface area is 79.0 Å². The molecule has 70 valence electrons.